The zero-order chi connectivity index (χ0) is 13.3. The van der Waals surface area contributed by atoms with Crippen molar-refractivity contribution in [2.75, 3.05) is 47.8 Å². The molecule has 1 saturated heterocycles. The van der Waals surface area contributed by atoms with Crippen molar-refractivity contribution in [3.05, 3.63) is 0 Å². The molecule has 1 aliphatic rings. The van der Waals surface area contributed by atoms with Gasteiger partial charge in [0.25, 0.3) is 0 Å². The molecule has 0 bridgehead atoms. The van der Waals surface area contributed by atoms with Gasteiger partial charge in [-0.05, 0) is 12.5 Å². The zero-order valence-corrected chi connectivity index (χ0v) is 12.3. The highest BCUT2D eigenvalue weighted by Crippen LogP contribution is 2.12. The fourth-order valence-corrected chi connectivity index (χ4v) is 1.98. The van der Waals surface area contributed by atoms with Crippen LogP contribution in [0.4, 0.5) is 0 Å². The molecule has 6 nitrogen and oxygen atoms in total. The Balaban J connectivity index is 1.89. The zero-order valence-electron chi connectivity index (χ0n) is 11.3. The van der Waals surface area contributed by atoms with E-state index in [9.17, 15) is 0 Å². The SMILES string of the molecule is COC(CO[Si]CCCOCC1CO1)(OC)OC. The van der Waals surface area contributed by atoms with Crippen LogP contribution in [0.5, 0.6) is 0 Å². The van der Waals surface area contributed by atoms with Crippen LogP contribution in [-0.2, 0) is 28.1 Å². The summed E-state index contributed by atoms with van der Waals surface area (Å²) < 4.78 is 31.3. The van der Waals surface area contributed by atoms with Crippen LogP contribution in [0, 0.1) is 0 Å². The highest BCUT2D eigenvalue weighted by molar-refractivity contribution is 6.26. The molecule has 0 aromatic rings. The molecule has 0 aromatic carbocycles. The number of rotatable bonds is 12. The van der Waals surface area contributed by atoms with Crippen molar-refractivity contribution in [3.63, 3.8) is 0 Å². The summed E-state index contributed by atoms with van der Waals surface area (Å²) in [5.74, 6) is -1.09. The number of ether oxygens (including phenoxy) is 5. The molecule has 2 radical (unpaired) electrons. The first-order valence-corrected chi connectivity index (χ1v) is 7.07. The molecule has 106 valence electrons. The van der Waals surface area contributed by atoms with E-state index in [-0.39, 0.29) is 6.61 Å². The van der Waals surface area contributed by atoms with Crippen molar-refractivity contribution >= 4 is 9.76 Å². The molecule has 1 atom stereocenters. The lowest BCUT2D eigenvalue weighted by atomic mass is 10.5. The van der Waals surface area contributed by atoms with Crippen LogP contribution in [0.1, 0.15) is 6.42 Å². The van der Waals surface area contributed by atoms with Crippen molar-refractivity contribution in [2.24, 2.45) is 0 Å². The third-order valence-corrected chi connectivity index (χ3v) is 3.46. The first-order valence-electron chi connectivity index (χ1n) is 5.96. The Labute approximate surface area is 111 Å². The van der Waals surface area contributed by atoms with Crippen LogP contribution in [-0.4, -0.2) is 69.6 Å². The molecule has 0 amide bonds. The summed E-state index contributed by atoms with van der Waals surface area (Å²) in [6.45, 7) is 2.56. The van der Waals surface area contributed by atoms with Gasteiger partial charge >= 0.3 is 5.97 Å². The van der Waals surface area contributed by atoms with Gasteiger partial charge in [0.05, 0.1) is 13.2 Å². The maximum absolute atomic E-state index is 5.48. The number of hydrogen-bond donors (Lipinski definition) is 0. The minimum atomic E-state index is -1.09. The lowest BCUT2D eigenvalue weighted by molar-refractivity contribution is -0.361. The molecule has 0 spiro atoms. The van der Waals surface area contributed by atoms with Crippen LogP contribution in [0.3, 0.4) is 0 Å². The molecule has 1 unspecified atom stereocenters. The number of hydrogen-bond acceptors (Lipinski definition) is 6. The van der Waals surface area contributed by atoms with Crippen molar-refractivity contribution in [1.82, 2.24) is 0 Å². The Kier molecular flexibility index (Phi) is 7.99. The molecule has 0 aromatic heterocycles. The second-order valence-corrected chi connectivity index (χ2v) is 4.94. The van der Waals surface area contributed by atoms with Gasteiger partial charge in [0.15, 0.2) is 0 Å². The van der Waals surface area contributed by atoms with Crippen molar-refractivity contribution < 1.29 is 28.1 Å². The molecule has 0 aliphatic carbocycles. The number of epoxide rings is 1. The van der Waals surface area contributed by atoms with Gasteiger partial charge in [0, 0.05) is 27.9 Å². The van der Waals surface area contributed by atoms with Gasteiger partial charge in [0.2, 0.25) is 9.76 Å². The van der Waals surface area contributed by atoms with E-state index in [1.54, 1.807) is 0 Å². The van der Waals surface area contributed by atoms with Crippen molar-refractivity contribution in [1.29, 1.82) is 0 Å². The smallest absolute Gasteiger partial charge is 0.305 e. The predicted octanol–water partition coefficient (Wildman–Crippen LogP) is 0.439. The fourth-order valence-electron chi connectivity index (χ4n) is 1.26. The van der Waals surface area contributed by atoms with Gasteiger partial charge in [-0.3, -0.25) is 0 Å². The summed E-state index contributed by atoms with van der Waals surface area (Å²) in [5, 5.41) is 0. The third-order valence-electron chi connectivity index (χ3n) is 2.56. The molecule has 0 N–H and O–H groups in total. The van der Waals surface area contributed by atoms with Crippen LogP contribution in [0.2, 0.25) is 6.04 Å². The summed E-state index contributed by atoms with van der Waals surface area (Å²) in [5.41, 5.74) is 0. The van der Waals surface area contributed by atoms with E-state index in [4.69, 9.17) is 28.1 Å². The average Bonchev–Trinajstić information content (AvgIpc) is 3.22. The third kappa shape index (κ3) is 6.23. The van der Waals surface area contributed by atoms with Crippen LogP contribution < -0.4 is 0 Å². The maximum atomic E-state index is 5.48. The lowest BCUT2D eigenvalue weighted by Gasteiger charge is -2.28. The Hall–Kier alpha value is -0.0231. The summed E-state index contributed by atoms with van der Waals surface area (Å²) in [6.07, 6.45) is 1.32. The Morgan fingerprint density at radius 3 is 2.44 bits per heavy atom. The molecule has 1 rings (SSSR count). The van der Waals surface area contributed by atoms with E-state index in [0.29, 0.717) is 22.5 Å². The van der Waals surface area contributed by atoms with E-state index in [1.165, 1.54) is 21.3 Å². The molecule has 18 heavy (non-hydrogen) atoms. The Morgan fingerprint density at radius 1 is 1.22 bits per heavy atom. The molecular weight excluding hydrogens is 256 g/mol. The molecular formula is C11H22O6Si. The predicted molar refractivity (Wildman–Crippen MR) is 65.4 cm³/mol. The van der Waals surface area contributed by atoms with Gasteiger partial charge < -0.3 is 28.1 Å². The van der Waals surface area contributed by atoms with Gasteiger partial charge in [-0.2, -0.15) is 0 Å². The Bertz CT molecular complexity index is 199. The van der Waals surface area contributed by atoms with Crippen LogP contribution in [0.25, 0.3) is 0 Å². The quantitative estimate of drug-likeness (QED) is 0.223. The van der Waals surface area contributed by atoms with Gasteiger partial charge in [-0.25, -0.2) is 0 Å². The van der Waals surface area contributed by atoms with E-state index in [1.807, 2.05) is 0 Å². The van der Waals surface area contributed by atoms with Crippen LogP contribution in [0.15, 0.2) is 0 Å². The lowest BCUT2D eigenvalue weighted by Crippen LogP contribution is -2.41. The van der Waals surface area contributed by atoms with E-state index in [2.05, 4.69) is 0 Å². The van der Waals surface area contributed by atoms with Gasteiger partial charge in [-0.1, -0.05) is 0 Å². The molecule has 7 heteroatoms. The minimum Gasteiger partial charge on any atom is -0.409 e. The molecule has 1 aliphatic heterocycles. The highest BCUT2D eigenvalue weighted by Gasteiger charge is 2.29. The van der Waals surface area contributed by atoms with Gasteiger partial charge in [0.1, 0.15) is 12.7 Å². The highest BCUT2D eigenvalue weighted by atomic mass is 28.2. The summed E-state index contributed by atoms with van der Waals surface area (Å²) >= 11 is 0. The van der Waals surface area contributed by atoms with Gasteiger partial charge in [-0.15, -0.1) is 0 Å². The van der Waals surface area contributed by atoms with E-state index in [0.717, 1.165) is 25.7 Å². The topological polar surface area (TPSA) is 58.7 Å². The van der Waals surface area contributed by atoms with Crippen molar-refractivity contribution in [2.45, 2.75) is 24.5 Å². The Morgan fingerprint density at radius 2 is 1.89 bits per heavy atom. The van der Waals surface area contributed by atoms with Crippen LogP contribution >= 0.6 is 0 Å². The maximum Gasteiger partial charge on any atom is 0.305 e. The summed E-state index contributed by atoms with van der Waals surface area (Å²) in [4.78, 5) is 0. The molecule has 1 fully saturated rings. The normalized spacial score (nSPS) is 19.2. The van der Waals surface area contributed by atoms with E-state index < -0.39 is 5.97 Å². The second kappa shape index (κ2) is 8.97. The number of methoxy groups -OCH3 is 3. The largest absolute Gasteiger partial charge is 0.409 e. The second-order valence-electron chi connectivity index (χ2n) is 3.86. The summed E-state index contributed by atoms with van der Waals surface area (Å²) in [7, 11) is 4.95. The average molecular weight is 278 g/mol. The monoisotopic (exact) mass is 278 g/mol. The van der Waals surface area contributed by atoms with Crippen molar-refractivity contribution in [3.8, 4) is 0 Å². The van der Waals surface area contributed by atoms with E-state index >= 15 is 0 Å². The first kappa shape index (κ1) is 16.0. The molecule has 0 saturated carbocycles. The standard InChI is InChI=1S/C11H22O6Si/c1-12-11(13-2,14-3)9-17-18-6-4-5-15-7-10-8-16-10/h10H,4-9H2,1-3H3. The minimum absolute atomic E-state index is 0.256. The first-order chi connectivity index (χ1) is 8.76. The molecule has 1 heterocycles. The summed E-state index contributed by atoms with van der Waals surface area (Å²) in [6, 6.07) is 0.957. The fraction of sp³-hybridized carbons (Fsp3) is 1.00.